The average molecular weight is 511 g/mol. The predicted octanol–water partition coefficient (Wildman–Crippen LogP) is 5.97. The summed E-state index contributed by atoms with van der Waals surface area (Å²) in [7, 11) is 0. The molecule has 0 atom stereocenters. The molecule has 1 aromatic carbocycles. The number of fused-ring (bicyclic) bond motifs is 1. The summed E-state index contributed by atoms with van der Waals surface area (Å²) in [4.78, 5) is 18.5. The van der Waals surface area contributed by atoms with Crippen LogP contribution in [0.3, 0.4) is 0 Å². The number of hydrogen-bond donors (Lipinski definition) is 1. The molecule has 0 aliphatic carbocycles. The number of carbonyl (C=O) groups excluding carboxylic acids is 1. The molecule has 0 saturated heterocycles. The van der Waals surface area contributed by atoms with Crippen molar-refractivity contribution in [1.29, 1.82) is 0 Å². The van der Waals surface area contributed by atoms with Crippen LogP contribution in [-0.2, 0) is 17.9 Å². The first kappa shape index (κ1) is 22.6. The van der Waals surface area contributed by atoms with Crippen molar-refractivity contribution in [1.82, 2.24) is 24.5 Å². The third-order valence-electron chi connectivity index (χ3n) is 5.51. The zero-order valence-corrected chi connectivity index (χ0v) is 20.7. The van der Waals surface area contributed by atoms with Gasteiger partial charge in [-0.2, -0.15) is 10.2 Å². The highest BCUT2D eigenvalue weighted by atomic mass is 35.5. The van der Waals surface area contributed by atoms with Gasteiger partial charge >= 0.3 is 0 Å². The summed E-state index contributed by atoms with van der Waals surface area (Å²) < 4.78 is 3.38. The van der Waals surface area contributed by atoms with Crippen molar-refractivity contribution in [3.63, 3.8) is 0 Å². The molecule has 34 heavy (non-hydrogen) atoms. The Hall–Kier alpha value is -3.20. The number of aromatic nitrogens is 5. The van der Waals surface area contributed by atoms with E-state index in [1.54, 1.807) is 45.1 Å². The van der Waals surface area contributed by atoms with Crippen LogP contribution in [0, 0.1) is 13.8 Å². The summed E-state index contributed by atoms with van der Waals surface area (Å²) in [6.07, 6.45) is 1.75. The molecule has 0 spiro atoms. The summed E-state index contributed by atoms with van der Waals surface area (Å²) in [6.45, 7) is 4.26. The number of anilines is 1. The van der Waals surface area contributed by atoms with Gasteiger partial charge in [-0.1, -0.05) is 35.3 Å². The lowest BCUT2D eigenvalue weighted by molar-refractivity contribution is -0.116. The Morgan fingerprint density at radius 1 is 1.06 bits per heavy atom. The second-order valence-corrected chi connectivity index (χ2v) is 9.62. The molecule has 4 aromatic heterocycles. The Morgan fingerprint density at radius 2 is 1.85 bits per heavy atom. The van der Waals surface area contributed by atoms with Gasteiger partial charge < -0.3 is 5.32 Å². The van der Waals surface area contributed by atoms with E-state index in [9.17, 15) is 4.79 Å². The topological polar surface area (TPSA) is 77.6 Å². The highest BCUT2D eigenvalue weighted by Crippen LogP contribution is 2.32. The Bertz CT molecular complexity index is 1490. The maximum atomic E-state index is 12.8. The Labute approximate surface area is 210 Å². The third-order valence-corrected chi connectivity index (χ3v) is 7.12. The van der Waals surface area contributed by atoms with Crippen molar-refractivity contribution in [2.75, 3.05) is 5.32 Å². The van der Waals surface area contributed by atoms with Crippen molar-refractivity contribution in [2.24, 2.45) is 0 Å². The molecular weight excluding hydrogens is 491 g/mol. The van der Waals surface area contributed by atoms with Gasteiger partial charge in [-0.3, -0.25) is 9.48 Å². The van der Waals surface area contributed by atoms with Crippen LogP contribution in [0.25, 0.3) is 21.5 Å². The highest BCUT2D eigenvalue weighted by molar-refractivity contribution is 7.13. The molecule has 10 heteroatoms. The second-order valence-electron chi connectivity index (χ2n) is 7.85. The number of nitrogens with zero attached hydrogens (tertiary/aromatic N) is 5. The van der Waals surface area contributed by atoms with Gasteiger partial charge in [0.15, 0.2) is 11.5 Å². The molecular formula is C24H20Cl2N6OS. The molecule has 0 unspecified atom stereocenters. The third kappa shape index (κ3) is 4.32. The maximum absolute atomic E-state index is 12.8. The van der Waals surface area contributed by atoms with Gasteiger partial charge in [0.2, 0.25) is 5.91 Å². The molecule has 4 heterocycles. The van der Waals surface area contributed by atoms with Crippen LogP contribution in [-0.4, -0.2) is 30.5 Å². The van der Waals surface area contributed by atoms with E-state index in [2.05, 4.69) is 26.6 Å². The Balaban J connectivity index is 1.35. The smallest absolute Gasteiger partial charge is 0.247 e. The predicted molar refractivity (Wildman–Crippen MR) is 137 cm³/mol. The lowest BCUT2D eigenvalue weighted by atomic mass is 10.1. The summed E-state index contributed by atoms with van der Waals surface area (Å²) >= 11 is 14.3. The van der Waals surface area contributed by atoms with E-state index in [0.717, 1.165) is 32.8 Å². The fourth-order valence-electron chi connectivity index (χ4n) is 3.91. The van der Waals surface area contributed by atoms with Crippen molar-refractivity contribution in [3.05, 3.63) is 81.0 Å². The molecule has 0 fully saturated rings. The number of nitrogens with one attached hydrogen (secondary N) is 1. The van der Waals surface area contributed by atoms with Gasteiger partial charge in [0.25, 0.3) is 0 Å². The fraction of sp³-hybridized carbons (Fsp3) is 0.167. The van der Waals surface area contributed by atoms with Gasteiger partial charge in [0, 0.05) is 44.0 Å². The summed E-state index contributed by atoms with van der Waals surface area (Å²) in [5, 5.41) is 16.1. The van der Waals surface area contributed by atoms with E-state index in [1.165, 1.54) is 0 Å². The number of halogens is 2. The Morgan fingerprint density at radius 3 is 2.59 bits per heavy atom. The maximum Gasteiger partial charge on any atom is 0.247 e. The number of benzene rings is 1. The number of carbonyl (C=O) groups is 1. The highest BCUT2D eigenvalue weighted by Gasteiger charge is 2.17. The quantitative estimate of drug-likeness (QED) is 0.305. The number of pyridine rings is 1. The van der Waals surface area contributed by atoms with Crippen molar-refractivity contribution in [3.8, 4) is 10.4 Å². The molecule has 0 saturated carbocycles. The first-order valence-electron chi connectivity index (χ1n) is 10.5. The van der Waals surface area contributed by atoms with Crippen molar-refractivity contribution in [2.45, 2.75) is 26.9 Å². The van der Waals surface area contributed by atoms with E-state index < -0.39 is 0 Å². The molecule has 0 radical (unpaired) electrons. The minimum Gasteiger partial charge on any atom is -0.308 e. The normalized spacial score (nSPS) is 11.3. The number of amides is 1. The largest absolute Gasteiger partial charge is 0.308 e. The lowest BCUT2D eigenvalue weighted by Crippen LogP contribution is -2.20. The van der Waals surface area contributed by atoms with Crippen LogP contribution in [0.1, 0.15) is 17.0 Å². The molecule has 1 amide bonds. The van der Waals surface area contributed by atoms with Crippen molar-refractivity contribution < 1.29 is 4.79 Å². The van der Waals surface area contributed by atoms with Crippen LogP contribution in [0.15, 0.2) is 54.0 Å². The molecule has 5 rings (SSSR count). The minimum absolute atomic E-state index is 0.0213. The zero-order chi connectivity index (χ0) is 23.8. The zero-order valence-electron chi connectivity index (χ0n) is 18.4. The van der Waals surface area contributed by atoms with Gasteiger partial charge in [-0.05, 0) is 43.5 Å². The molecule has 7 nitrogen and oxygen atoms in total. The van der Waals surface area contributed by atoms with Gasteiger partial charge in [-0.15, -0.1) is 11.3 Å². The number of thiophene rings is 1. The minimum atomic E-state index is -0.242. The van der Waals surface area contributed by atoms with E-state index in [4.69, 9.17) is 23.2 Å². The van der Waals surface area contributed by atoms with Crippen LogP contribution in [0.4, 0.5) is 5.82 Å². The molecule has 0 aliphatic rings. The first-order chi connectivity index (χ1) is 16.4. The monoisotopic (exact) mass is 510 g/mol. The molecule has 0 bridgehead atoms. The standard InChI is InChI=1S/C24H20Cl2N6OS/c1-14-11-21(30-31(14)12-17-18(25)5-3-6-19(17)26)28-22(33)13-32-24-23(15(2)29-32)16(8-9-27-24)20-7-4-10-34-20/h3-11H,12-13H2,1-2H3,(H,28,30,33). The number of rotatable bonds is 6. The Kier molecular flexibility index (Phi) is 6.12. The van der Waals surface area contributed by atoms with Crippen LogP contribution >= 0.6 is 34.5 Å². The van der Waals surface area contributed by atoms with Crippen LogP contribution in [0.5, 0.6) is 0 Å². The molecule has 5 aromatic rings. The summed E-state index contributed by atoms with van der Waals surface area (Å²) in [6, 6.07) is 13.2. The van der Waals surface area contributed by atoms with E-state index in [1.807, 2.05) is 37.4 Å². The van der Waals surface area contributed by atoms with E-state index in [-0.39, 0.29) is 12.5 Å². The van der Waals surface area contributed by atoms with Crippen molar-refractivity contribution >= 4 is 57.3 Å². The van der Waals surface area contributed by atoms with Gasteiger partial charge in [0.05, 0.1) is 17.6 Å². The summed E-state index contributed by atoms with van der Waals surface area (Å²) in [5.74, 6) is 0.208. The molecule has 1 N–H and O–H groups in total. The number of aryl methyl sites for hydroxylation is 2. The van der Waals surface area contributed by atoms with Gasteiger partial charge in [0.1, 0.15) is 6.54 Å². The van der Waals surface area contributed by atoms with E-state index in [0.29, 0.717) is 28.1 Å². The molecule has 172 valence electrons. The SMILES string of the molecule is Cc1nn(CC(=O)Nc2cc(C)n(Cc3c(Cl)cccc3Cl)n2)c2nccc(-c3cccs3)c12. The van der Waals surface area contributed by atoms with E-state index >= 15 is 0 Å². The molecule has 0 aliphatic heterocycles. The first-order valence-corrected chi connectivity index (χ1v) is 12.2. The summed E-state index contributed by atoms with van der Waals surface area (Å²) in [5.41, 5.74) is 4.22. The van der Waals surface area contributed by atoms with Crippen LogP contribution < -0.4 is 5.32 Å². The number of hydrogen-bond acceptors (Lipinski definition) is 5. The average Bonchev–Trinajstić information content (AvgIpc) is 3.52. The fourth-order valence-corrected chi connectivity index (χ4v) is 5.19. The van der Waals surface area contributed by atoms with Crippen LogP contribution in [0.2, 0.25) is 10.0 Å². The lowest BCUT2D eigenvalue weighted by Gasteiger charge is -2.08. The second kappa shape index (κ2) is 9.21. The van der Waals surface area contributed by atoms with Gasteiger partial charge in [-0.25, -0.2) is 9.67 Å².